The summed E-state index contributed by atoms with van der Waals surface area (Å²) in [5, 5.41) is 2.96. The minimum atomic E-state index is -0.293. The number of halogens is 2. The molecule has 0 aliphatic rings. The van der Waals surface area contributed by atoms with Crippen molar-refractivity contribution in [2.45, 2.75) is 6.54 Å². The number of hydrogen-bond acceptors (Lipinski definition) is 3. The fourth-order valence-electron chi connectivity index (χ4n) is 1.24. The molecule has 16 heavy (non-hydrogen) atoms. The molecule has 2 rings (SSSR count). The van der Waals surface area contributed by atoms with E-state index in [2.05, 4.69) is 31.2 Å². The second-order valence-corrected chi connectivity index (χ2v) is 4.09. The molecule has 2 aromatic rings. The van der Waals surface area contributed by atoms with Crippen molar-refractivity contribution in [2.75, 3.05) is 5.32 Å². The third kappa shape index (κ3) is 2.76. The van der Waals surface area contributed by atoms with Crippen molar-refractivity contribution in [3.05, 3.63) is 52.8 Å². The first-order valence-electron chi connectivity index (χ1n) is 4.69. The summed E-state index contributed by atoms with van der Waals surface area (Å²) in [5.41, 5.74) is 1.22. The van der Waals surface area contributed by atoms with Gasteiger partial charge in [0.15, 0.2) is 0 Å². The molecular formula is C11H9BrFN3. The van der Waals surface area contributed by atoms with Gasteiger partial charge in [-0.2, -0.15) is 0 Å². The van der Waals surface area contributed by atoms with Crippen LogP contribution in [0.2, 0.25) is 0 Å². The zero-order chi connectivity index (χ0) is 11.4. The van der Waals surface area contributed by atoms with Gasteiger partial charge in [-0.3, -0.25) is 9.97 Å². The number of aromatic nitrogens is 2. The van der Waals surface area contributed by atoms with Crippen molar-refractivity contribution in [3.8, 4) is 0 Å². The number of anilines is 1. The Kier molecular flexibility index (Phi) is 3.46. The Hall–Kier alpha value is -1.49. The summed E-state index contributed by atoms with van der Waals surface area (Å²) in [7, 11) is 0. The van der Waals surface area contributed by atoms with Gasteiger partial charge in [-0.25, -0.2) is 4.39 Å². The van der Waals surface area contributed by atoms with E-state index in [1.54, 1.807) is 30.7 Å². The summed E-state index contributed by atoms with van der Waals surface area (Å²) < 4.78 is 14.1. The molecule has 1 aromatic heterocycles. The highest BCUT2D eigenvalue weighted by molar-refractivity contribution is 9.10. The predicted molar refractivity (Wildman–Crippen MR) is 63.5 cm³/mol. The molecule has 0 bridgehead atoms. The highest BCUT2D eigenvalue weighted by Gasteiger charge is 2.02. The van der Waals surface area contributed by atoms with Gasteiger partial charge in [-0.15, -0.1) is 0 Å². The molecule has 0 spiro atoms. The number of rotatable bonds is 3. The smallest absolute Gasteiger partial charge is 0.147 e. The third-order valence-electron chi connectivity index (χ3n) is 2.01. The summed E-state index contributed by atoms with van der Waals surface area (Å²) in [4.78, 5) is 8.01. The third-order valence-corrected chi connectivity index (χ3v) is 2.50. The molecule has 0 aliphatic carbocycles. The Morgan fingerprint density at radius 2 is 2.19 bits per heavy atom. The first kappa shape index (κ1) is 11.0. The molecule has 0 saturated carbocycles. The maximum Gasteiger partial charge on any atom is 0.147 e. The summed E-state index contributed by atoms with van der Waals surface area (Å²) in [5.74, 6) is -0.293. The number of benzene rings is 1. The van der Waals surface area contributed by atoms with Crippen LogP contribution in [0.1, 0.15) is 5.69 Å². The van der Waals surface area contributed by atoms with Gasteiger partial charge < -0.3 is 5.32 Å². The van der Waals surface area contributed by atoms with Crippen LogP contribution < -0.4 is 5.32 Å². The van der Waals surface area contributed by atoms with Crippen LogP contribution in [0.15, 0.2) is 41.3 Å². The van der Waals surface area contributed by atoms with E-state index in [0.717, 1.165) is 10.2 Å². The Bertz CT molecular complexity index is 476. The Morgan fingerprint density at radius 3 is 2.88 bits per heavy atom. The Labute approximate surface area is 101 Å². The molecule has 0 unspecified atom stereocenters. The summed E-state index contributed by atoms with van der Waals surface area (Å²) in [6.45, 7) is 0.451. The van der Waals surface area contributed by atoms with E-state index >= 15 is 0 Å². The monoisotopic (exact) mass is 281 g/mol. The van der Waals surface area contributed by atoms with E-state index in [4.69, 9.17) is 0 Å². The number of nitrogens with zero attached hydrogens (tertiary/aromatic N) is 2. The molecule has 0 atom stereocenters. The Balaban J connectivity index is 2.05. The fraction of sp³-hybridized carbons (Fsp3) is 0.0909. The first-order valence-corrected chi connectivity index (χ1v) is 5.49. The SMILES string of the molecule is Fc1cc(Br)ccc1NCc1cnccn1. The van der Waals surface area contributed by atoms with Crippen molar-refractivity contribution in [1.82, 2.24) is 9.97 Å². The van der Waals surface area contributed by atoms with E-state index in [1.165, 1.54) is 6.07 Å². The molecule has 0 saturated heterocycles. The highest BCUT2D eigenvalue weighted by Crippen LogP contribution is 2.19. The normalized spacial score (nSPS) is 10.1. The van der Waals surface area contributed by atoms with Gasteiger partial charge >= 0.3 is 0 Å². The maximum absolute atomic E-state index is 13.4. The minimum Gasteiger partial charge on any atom is -0.377 e. The highest BCUT2D eigenvalue weighted by atomic mass is 79.9. The molecule has 0 fully saturated rings. The van der Waals surface area contributed by atoms with Gasteiger partial charge in [-0.05, 0) is 18.2 Å². The van der Waals surface area contributed by atoms with Crippen LogP contribution in [0.3, 0.4) is 0 Å². The van der Waals surface area contributed by atoms with Gasteiger partial charge in [0.2, 0.25) is 0 Å². The maximum atomic E-state index is 13.4. The lowest BCUT2D eigenvalue weighted by Gasteiger charge is -2.06. The molecule has 0 radical (unpaired) electrons. The van der Waals surface area contributed by atoms with E-state index in [1.807, 2.05) is 0 Å². The van der Waals surface area contributed by atoms with Gasteiger partial charge in [-0.1, -0.05) is 15.9 Å². The van der Waals surface area contributed by atoms with Gasteiger partial charge in [0.05, 0.1) is 24.1 Å². The first-order chi connectivity index (χ1) is 7.75. The summed E-state index contributed by atoms with van der Waals surface area (Å²) >= 11 is 3.20. The molecule has 1 aromatic carbocycles. The molecule has 3 nitrogen and oxygen atoms in total. The van der Waals surface area contributed by atoms with Crippen LogP contribution in [0.4, 0.5) is 10.1 Å². The van der Waals surface area contributed by atoms with Crippen LogP contribution in [0.5, 0.6) is 0 Å². The van der Waals surface area contributed by atoms with E-state index in [0.29, 0.717) is 12.2 Å². The zero-order valence-corrected chi connectivity index (χ0v) is 9.91. The molecule has 5 heteroatoms. The fourth-order valence-corrected chi connectivity index (χ4v) is 1.57. The molecule has 0 aliphatic heterocycles. The van der Waals surface area contributed by atoms with Crippen molar-refractivity contribution >= 4 is 21.6 Å². The average molecular weight is 282 g/mol. The van der Waals surface area contributed by atoms with Crippen molar-refractivity contribution in [2.24, 2.45) is 0 Å². The van der Waals surface area contributed by atoms with Gasteiger partial charge in [0.1, 0.15) is 5.82 Å². The second kappa shape index (κ2) is 5.03. The van der Waals surface area contributed by atoms with Crippen LogP contribution >= 0.6 is 15.9 Å². The van der Waals surface area contributed by atoms with Crippen LogP contribution in [0, 0.1) is 5.82 Å². The van der Waals surface area contributed by atoms with Crippen molar-refractivity contribution in [1.29, 1.82) is 0 Å². The molecule has 1 N–H and O–H groups in total. The van der Waals surface area contributed by atoms with Gasteiger partial charge in [0.25, 0.3) is 0 Å². The molecule has 82 valence electrons. The van der Waals surface area contributed by atoms with E-state index < -0.39 is 0 Å². The largest absolute Gasteiger partial charge is 0.377 e. The summed E-state index contributed by atoms with van der Waals surface area (Å²) in [6, 6.07) is 4.87. The average Bonchev–Trinajstić information content (AvgIpc) is 2.29. The van der Waals surface area contributed by atoms with Crippen molar-refractivity contribution < 1.29 is 4.39 Å². The lowest BCUT2D eigenvalue weighted by molar-refractivity contribution is 0.629. The number of nitrogens with one attached hydrogen (secondary N) is 1. The second-order valence-electron chi connectivity index (χ2n) is 3.17. The lowest BCUT2D eigenvalue weighted by atomic mass is 10.3. The predicted octanol–water partition coefficient (Wildman–Crippen LogP) is 2.99. The molecular weight excluding hydrogens is 273 g/mol. The Morgan fingerprint density at radius 1 is 1.31 bits per heavy atom. The van der Waals surface area contributed by atoms with Crippen molar-refractivity contribution in [3.63, 3.8) is 0 Å². The minimum absolute atomic E-state index is 0.293. The topological polar surface area (TPSA) is 37.8 Å². The number of hydrogen-bond donors (Lipinski definition) is 1. The standard InChI is InChI=1S/C11H9BrFN3/c12-8-1-2-11(10(13)5-8)16-7-9-6-14-3-4-15-9/h1-6,16H,7H2. The lowest BCUT2D eigenvalue weighted by Crippen LogP contribution is -2.03. The van der Waals surface area contributed by atoms with Crippen LogP contribution in [-0.2, 0) is 6.54 Å². The van der Waals surface area contributed by atoms with E-state index in [9.17, 15) is 4.39 Å². The van der Waals surface area contributed by atoms with E-state index in [-0.39, 0.29) is 5.82 Å². The molecule has 1 heterocycles. The molecule has 0 amide bonds. The summed E-state index contributed by atoms with van der Waals surface area (Å²) in [6.07, 6.45) is 4.85. The van der Waals surface area contributed by atoms with Crippen LogP contribution in [0.25, 0.3) is 0 Å². The van der Waals surface area contributed by atoms with Crippen LogP contribution in [-0.4, -0.2) is 9.97 Å². The zero-order valence-electron chi connectivity index (χ0n) is 8.32. The quantitative estimate of drug-likeness (QED) is 0.940. The van der Waals surface area contributed by atoms with Gasteiger partial charge in [0, 0.05) is 16.9 Å².